The van der Waals surface area contributed by atoms with Gasteiger partial charge in [-0.15, -0.1) is 0 Å². The predicted octanol–water partition coefficient (Wildman–Crippen LogP) is 3.46. The largest absolute Gasteiger partial charge is 0.349 e. The Bertz CT molecular complexity index is 651. The van der Waals surface area contributed by atoms with Gasteiger partial charge in [-0.2, -0.15) is 0 Å². The summed E-state index contributed by atoms with van der Waals surface area (Å²) in [6.07, 6.45) is 0.765. The van der Waals surface area contributed by atoms with Crippen molar-refractivity contribution in [1.29, 1.82) is 0 Å². The van der Waals surface area contributed by atoms with Gasteiger partial charge in [-0.05, 0) is 36.6 Å². The molecule has 0 saturated carbocycles. The summed E-state index contributed by atoms with van der Waals surface area (Å²) in [5.41, 5.74) is 2.92. The molecule has 1 atom stereocenters. The van der Waals surface area contributed by atoms with Crippen LogP contribution in [0.2, 0.25) is 0 Å². The smallest absolute Gasteiger partial charge is 0.233 e. The highest BCUT2D eigenvalue weighted by molar-refractivity contribution is 6.03. The average molecular weight is 310 g/mol. The number of hydrogen-bond donors (Lipinski definition) is 2. The van der Waals surface area contributed by atoms with E-state index in [2.05, 4.69) is 17.6 Å². The maximum atomic E-state index is 12.0. The Labute approximate surface area is 136 Å². The third-order valence-corrected chi connectivity index (χ3v) is 3.64. The van der Waals surface area contributed by atoms with Crippen LogP contribution in [0.5, 0.6) is 0 Å². The van der Waals surface area contributed by atoms with Gasteiger partial charge < -0.3 is 10.6 Å². The summed E-state index contributed by atoms with van der Waals surface area (Å²) in [6.45, 7) is 3.97. The number of amides is 2. The monoisotopic (exact) mass is 310 g/mol. The fraction of sp³-hybridized carbons (Fsp3) is 0.263. The molecule has 4 nitrogen and oxygen atoms in total. The molecule has 0 fully saturated rings. The first kappa shape index (κ1) is 16.7. The number of nitrogens with one attached hydrogen (secondary N) is 2. The number of hydrogen-bond acceptors (Lipinski definition) is 2. The van der Waals surface area contributed by atoms with E-state index >= 15 is 0 Å². The minimum atomic E-state index is -0.313. The van der Waals surface area contributed by atoms with Crippen molar-refractivity contribution < 1.29 is 9.59 Å². The molecule has 0 aromatic heterocycles. The second-order valence-corrected chi connectivity index (χ2v) is 5.48. The number of benzene rings is 2. The van der Waals surface area contributed by atoms with Gasteiger partial charge in [-0.1, -0.05) is 49.4 Å². The van der Waals surface area contributed by atoms with Crippen molar-refractivity contribution in [3.8, 4) is 0 Å². The van der Waals surface area contributed by atoms with Gasteiger partial charge in [-0.3, -0.25) is 9.59 Å². The summed E-state index contributed by atoms with van der Waals surface area (Å²) >= 11 is 0. The van der Waals surface area contributed by atoms with Crippen molar-refractivity contribution in [2.45, 2.75) is 32.7 Å². The molecule has 2 aromatic carbocycles. The van der Waals surface area contributed by atoms with E-state index in [1.54, 1.807) is 0 Å². The number of carbonyl (C=O) groups is 2. The second kappa shape index (κ2) is 8.13. The fourth-order valence-corrected chi connectivity index (χ4v) is 2.29. The quantitative estimate of drug-likeness (QED) is 0.803. The lowest BCUT2D eigenvalue weighted by Crippen LogP contribution is -2.30. The third-order valence-electron chi connectivity index (χ3n) is 3.64. The van der Waals surface area contributed by atoms with Crippen molar-refractivity contribution in [2.24, 2.45) is 0 Å². The summed E-state index contributed by atoms with van der Waals surface area (Å²) in [7, 11) is 0. The van der Waals surface area contributed by atoms with E-state index in [0.29, 0.717) is 5.69 Å². The Balaban J connectivity index is 1.83. The maximum Gasteiger partial charge on any atom is 0.233 e. The zero-order valence-corrected chi connectivity index (χ0v) is 13.5. The van der Waals surface area contributed by atoms with Crippen molar-refractivity contribution >= 4 is 17.5 Å². The van der Waals surface area contributed by atoms with Crippen molar-refractivity contribution in [3.63, 3.8) is 0 Å². The van der Waals surface area contributed by atoms with E-state index < -0.39 is 0 Å². The first-order valence-electron chi connectivity index (χ1n) is 7.81. The van der Waals surface area contributed by atoms with E-state index in [-0.39, 0.29) is 24.3 Å². The summed E-state index contributed by atoms with van der Waals surface area (Å²) in [5.74, 6) is -0.601. The number of carbonyl (C=O) groups excluding carboxylic acids is 2. The van der Waals surface area contributed by atoms with E-state index in [0.717, 1.165) is 12.0 Å². The van der Waals surface area contributed by atoms with Crippen LogP contribution in [0.3, 0.4) is 0 Å². The van der Waals surface area contributed by atoms with Gasteiger partial charge in [0.05, 0.1) is 6.04 Å². The molecule has 0 aliphatic carbocycles. The lowest BCUT2D eigenvalue weighted by molar-refractivity contribution is -0.127. The highest BCUT2D eigenvalue weighted by Gasteiger charge is 2.13. The molecular formula is C19H22N2O2. The third kappa shape index (κ3) is 5.25. The molecule has 2 N–H and O–H groups in total. The number of anilines is 1. The summed E-state index contributed by atoms with van der Waals surface area (Å²) in [4.78, 5) is 23.9. The minimum Gasteiger partial charge on any atom is -0.349 e. The molecule has 120 valence electrons. The molecule has 2 aromatic rings. The molecule has 4 heteroatoms. The first-order valence-corrected chi connectivity index (χ1v) is 7.81. The summed E-state index contributed by atoms with van der Waals surface area (Å²) in [6, 6.07) is 17.2. The molecule has 0 heterocycles. The van der Waals surface area contributed by atoms with E-state index in [9.17, 15) is 9.59 Å². The maximum absolute atomic E-state index is 12.0. The zero-order chi connectivity index (χ0) is 16.7. The van der Waals surface area contributed by atoms with Crippen LogP contribution in [-0.2, 0) is 16.0 Å². The van der Waals surface area contributed by atoms with Crippen LogP contribution in [0.4, 0.5) is 5.69 Å². The van der Waals surface area contributed by atoms with Crippen LogP contribution < -0.4 is 10.6 Å². The molecule has 1 unspecified atom stereocenters. The standard InChI is InChI=1S/C19H22N2O2/c1-3-15-9-11-17(12-10-15)21-19(23)13-18(22)20-14(2)16-7-5-4-6-8-16/h4-12,14H,3,13H2,1-2H3,(H,20,22)(H,21,23). The molecular weight excluding hydrogens is 288 g/mol. The lowest BCUT2D eigenvalue weighted by atomic mass is 10.1. The number of rotatable bonds is 6. The van der Waals surface area contributed by atoms with Crippen LogP contribution in [-0.4, -0.2) is 11.8 Å². The van der Waals surface area contributed by atoms with Crippen LogP contribution in [0.25, 0.3) is 0 Å². The highest BCUT2D eigenvalue weighted by atomic mass is 16.2. The van der Waals surface area contributed by atoms with Gasteiger partial charge in [0.2, 0.25) is 11.8 Å². The Morgan fingerprint density at radius 1 is 0.957 bits per heavy atom. The van der Waals surface area contributed by atoms with Crippen molar-refractivity contribution in [3.05, 3.63) is 65.7 Å². The van der Waals surface area contributed by atoms with Crippen LogP contribution >= 0.6 is 0 Å². The minimum absolute atomic E-state index is 0.125. The van der Waals surface area contributed by atoms with Crippen LogP contribution in [0.1, 0.15) is 37.4 Å². The van der Waals surface area contributed by atoms with Crippen LogP contribution in [0.15, 0.2) is 54.6 Å². The molecule has 0 radical (unpaired) electrons. The molecule has 0 aliphatic heterocycles. The fourth-order valence-electron chi connectivity index (χ4n) is 2.29. The highest BCUT2D eigenvalue weighted by Crippen LogP contribution is 2.12. The zero-order valence-electron chi connectivity index (χ0n) is 13.5. The SMILES string of the molecule is CCc1ccc(NC(=O)CC(=O)NC(C)c2ccccc2)cc1. The molecule has 2 rings (SSSR count). The average Bonchev–Trinajstić information content (AvgIpc) is 2.56. The normalized spacial score (nSPS) is 11.6. The first-order chi connectivity index (χ1) is 11.1. The molecule has 0 aliphatic rings. The van der Waals surface area contributed by atoms with E-state index in [4.69, 9.17) is 0 Å². The van der Waals surface area contributed by atoms with Gasteiger partial charge in [-0.25, -0.2) is 0 Å². The van der Waals surface area contributed by atoms with Crippen LogP contribution in [0, 0.1) is 0 Å². The molecule has 0 spiro atoms. The van der Waals surface area contributed by atoms with E-state index in [1.165, 1.54) is 5.56 Å². The lowest BCUT2D eigenvalue weighted by Gasteiger charge is -2.14. The Hall–Kier alpha value is -2.62. The Morgan fingerprint density at radius 2 is 1.61 bits per heavy atom. The number of aryl methyl sites for hydroxylation is 1. The topological polar surface area (TPSA) is 58.2 Å². The van der Waals surface area contributed by atoms with Crippen molar-refractivity contribution in [2.75, 3.05) is 5.32 Å². The Morgan fingerprint density at radius 3 is 2.22 bits per heavy atom. The second-order valence-electron chi connectivity index (χ2n) is 5.48. The predicted molar refractivity (Wildman–Crippen MR) is 92.1 cm³/mol. The molecule has 2 amide bonds. The van der Waals surface area contributed by atoms with Gasteiger partial charge in [0.15, 0.2) is 0 Å². The summed E-state index contributed by atoms with van der Waals surface area (Å²) in [5, 5.41) is 5.57. The molecule has 23 heavy (non-hydrogen) atoms. The molecule has 0 bridgehead atoms. The molecule has 0 saturated heterocycles. The van der Waals surface area contributed by atoms with Gasteiger partial charge in [0, 0.05) is 5.69 Å². The summed E-state index contributed by atoms with van der Waals surface area (Å²) < 4.78 is 0. The van der Waals surface area contributed by atoms with Gasteiger partial charge in [0.1, 0.15) is 6.42 Å². The van der Waals surface area contributed by atoms with Crippen molar-refractivity contribution in [1.82, 2.24) is 5.32 Å². The van der Waals surface area contributed by atoms with Gasteiger partial charge in [0.25, 0.3) is 0 Å². The van der Waals surface area contributed by atoms with Gasteiger partial charge >= 0.3 is 0 Å². The van der Waals surface area contributed by atoms with E-state index in [1.807, 2.05) is 61.5 Å². The Kier molecular flexibility index (Phi) is 5.92.